The number of benzene rings is 1. The molecule has 1 aromatic rings. The molecule has 0 amide bonds. The van der Waals surface area contributed by atoms with E-state index in [0.717, 1.165) is 19.3 Å². The van der Waals surface area contributed by atoms with Gasteiger partial charge in [0.1, 0.15) is 0 Å². The molecular weight excluding hydrogens is 160 g/mol. The Kier molecular flexibility index (Phi) is 2.65. The second-order valence-corrected chi connectivity index (χ2v) is 3.85. The molecule has 0 aromatic heterocycles. The van der Waals surface area contributed by atoms with E-state index < -0.39 is 0 Å². The Morgan fingerprint density at radius 3 is 2.69 bits per heavy atom. The lowest BCUT2D eigenvalue weighted by Crippen LogP contribution is -2.17. The van der Waals surface area contributed by atoms with Gasteiger partial charge in [0.2, 0.25) is 0 Å². The third kappa shape index (κ3) is 2.10. The largest absolute Gasteiger partial charge is 0.393 e. The molecule has 0 spiro atoms. The molecule has 0 heterocycles. The van der Waals surface area contributed by atoms with Crippen LogP contribution in [0.3, 0.4) is 0 Å². The quantitative estimate of drug-likeness (QED) is 0.695. The lowest BCUT2D eigenvalue weighted by Gasteiger charge is -2.25. The van der Waals surface area contributed by atoms with E-state index in [9.17, 15) is 5.11 Å². The second kappa shape index (κ2) is 3.93. The molecule has 1 N–H and O–H groups in total. The zero-order valence-corrected chi connectivity index (χ0v) is 7.74. The lowest BCUT2D eigenvalue weighted by atomic mass is 9.83. The maximum atomic E-state index is 9.53. The first kappa shape index (κ1) is 8.76. The number of hydrogen-bond donors (Lipinski definition) is 1. The molecule has 2 atom stereocenters. The maximum absolute atomic E-state index is 9.53. The SMILES string of the molecule is OC1CCCC(c2cc[c]cc2)C1. The van der Waals surface area contributed by atoms with Gasteiger partial charge >= 0.3 is 0 Å². The molecule has 1 nitrogen and oxygen atoms in total. The van der Waals surface area contributed by atoms with Crippen LogP contribution in [0.1, 0.15) is 37.2 Å². The highest BCUT2D eigenvalue weighted by Crippen LogP contribution is 2.32. The summed E-state index contributed by atoms with van der Waals surface area (Å²) >= 11 is 0. The zero-order chi connectivity index (χ0) is 9.10. The van der Waals surface area contributed by atoms with Gasteiger partial charge in [0, 0.05) is 0 Å². The minimum Gasteiger partial charge on any atom is -0.393 e. The molecule has 0 saturated heterocycles. The van der Waals surface area contributed by atoms with Crippen LogP contribution in [0, 0.1) is 6.07 Å². The predicted octanol–water partition coefficient (Wildman–Crippen LogP) is 2.51. The summed E-state index contributed by atoms with van der Waals surface area (Å²) in [6.45, 7) is 0. The number of aliphatic hydroxyl groups is 1. The Balaban J connectivity index is 2.08. The Morgan fingerprint density at radius 2 is 2.00 bits per heavy atom. The third-order valence-corrected chi connectivity index (χ3v) is 2.86. The summed E-state index contributed by atoms with van der Waals surface area (Å²) in [5.74, 6) is 0.568. The van der Waals surface area contributed by atoms with Gasteiger partial charge in [-0.15, -0.1) is 0 Å². The predicted molar refractivity (Wildman–Crippen MR) is 52.5 cm³/mol. The van der Waals surface area contributed by atoms with Crippen LogP contribution >= 0.6 is 0 Å². The van der Waals surface area contributed by atoms with Crippen LogP contribution in [0.5, 0.6) is 0 Å². The summed E-state index contributed by atoms with van der Waals surface area (Å²) < 4.78 is 0. The Bertz CT molecular complexity index is 255. The zero-order valence-electron chi connectivity index (χ0n) is 7.74. The van der Waals surface area contributed by atoms with Gasteiger partial charge in [-0.25, -0.2) is 0 Å². The van der Waals surface area contributed by atoms with Gasteiger partial charge in [0.15, 0.2) is 0 Å². The van der Waals surface area contributed by atoms with Crippen molar-refractivity contribution in [1.82, 2.24) is 0 Å². The van der Waals surface area contributed by atoms with Crippen molar-refractivity contribution in [3.8, 4) is 0 Å². The molecule has 2 rings (SSSR count). The smallest absolute Gasteiger partial charge is 0.0546 e. The molecule has 1 radical (unpaired) electrons. The van der Waals surface area contributed by atoms with Crippen LogP contribution in [-0.2, 0) is 0 Å². The van der Waals surface area contributed by atoms with E-state index in [1.54, 1.807) is 0 Å². The van der Waals surface area contributed by atoms with Crippen LogP contribution in [-0.4, -0.2) is 11.2 Å². The molecule has 13 heavy (non-hydrogen) atoms. The molecule has 1 saturated carbocycles. The van der Waals surface area contributed by atoms with Gasteiger partial charge in [0.05, 0.1) is 6.10 Å². The molecule has 0 bridgehead atoms. The molecule has 1 heteroatoms. The van der Waals surface area contributed by atoms with Gasteiger partial charge in [-0.3, -0.25) is 0 Å². The van der Waals surface area contributed by atoms with E-state index in [-0.39, 0.29) is 6.10 Å². The van der Waals surface area contributed by atoms with Gasteiger partial charge < -0.3 is 5.11 Å². The first-order valence-corrected chi connectivity index (χ1v) is 5.00. The van der Waals surface area contributed by atoms with E-state index in [1.807, 2.05) is 12.1 Å². The molecular formula is C12H15O. The average Bonchev–Trinajstić information content (AvgIpc) is 2.19. The highest BCUT2D eigenvalue weighted by atomic mass is 16.3. The van der Waals surface area contributed by atoms with E-state index in [2.05, 4.69) is 18.2 Å². The van der Waals surface area contributed by atoms with Gasteiger partial charge in [-0.2, -0.15) is 0 Å². The van der Waals surface area contributed by atoms with Crippen molar-refractivity contribution >= 4 is 0 Å². The van der Waals surface area contributed by atoms with Crippen molar-refractivity contribution in [3.05, 3.63) is 35.9 Å². The fourth-order valence-electron chi connectivity index (χ4n) is 2.14. The van der Waals surface area contributed by atoms with Crippen LogP contribution in [0.25, 0.3) is 0 Å². The summed E-state index contributed by atoms with van der Waals surface area (Å²) in [5, 5.41) is 9.53. The van der Waals surface area contributed by atoms with Crippen molar-refractivity contribution < 1.29 is 5.11 Å². The average molecular weight is 175 g/mol. The summed E-state index contributed by atoms with van der Waals surface area (Å²) in [5.41, 5.74) is 1.36. The van der Waals surface area contributed by atoms with Crippen molar-refractivity contribution in [2.24, 2.45) is 0 Å². The first-order valence-electron chi connectivity index (χ1n) is 5.00. The van der Waals surface area contributed by atoms with Crippen molar-refractivity contribution in [2.75, 3.05) is 0 Å². The molecule has 1 aliphatic carbocycles. The molecule has 2 unspecified atom stereocenters. The number of rotatable bonds is 1. The molecule has 0 aliphatic heterocycles. The van der Waals surface area contributed by atoms with E-state index in [4.69, 9.17) is 0 Å². The Morgan fingerprint density at radius 1 is 1.23 bits per heavy atom. The summed E-state index contributed by atoms with van der Waals surface area (Å²) in [7, 11) is 0. The van der Waals surface area contributed by atoms with Gasteiger partial charge in [-0.1, -0.05) is 30.7 Å². The van der Waals surface area contributed by atoms with Gasteiger partial charge in [-0.05, 0) is 36.8 Å². The lowest BCUT2D eigenvalue weighted by molar-refractivity contribution is 0.119. The Hall–Kier alpha value is -0.820. The number of aliphatic hydroxyl groups excluding tert-OH is 1. The topological polar surface area (TPSA) is 20.2 Å². The van der Waals surface area contributed by atoms with Gasteiger partial charge in [0.25, 0.3) is 0 Å². The fourth-order valence-corrected chi connectivity index (χ4v) is 2.14. The monoisotopic (exact) mass is 175 g/mol. The molecule has 1 aromatic carbocycles. The highest BCUT2D eigenvalue weighted by Gasteiger charge is 2.20. The summed E-state index contributed by atoms with van der Waals surface area (Å²) in [6, 6.07) is 11.2. The summed E-state index contributed by atoms with van der Waals surface area (Å²) in [6.07, 6.45) is 4.22. The fraction of sp³-hybridized carbons (Fsp3) is 0.500. The molecule has 1 fully saturated rings. The highest BCUT2D eigenvalue weighted by molar-refractivity contribution is 5.19. The Labute approximate surface area is 79.4 Å². The summed E-state index contributed by atoms with van der Waals surface area (Å²) in [4.78, 5) is 0. The third-order valence-electron chi connectivity index (χ3n) is 2.86. The molecule has 1 aliphatic rings. The standard InChI is InChI=1S/C12H15O/c13-12-8-4-7-11(9-12)10-5-2-1-3-6-10/h2-3,5-6,11-13H,4,7-9H2. The van der Waals surface area contributed by atoms with Crippen molar-refractivity contribution in [1.29, 1.82) is 0 Å². The second-order valence-electron chi connectivity index (χ2n) is 3.85. The van der Waals surface area contributed by atoms with Crippen LogP contribution in [0.15, 0.2) is 24.3 Å². The minimum atomic E-state index is -0.0806. The van der Waals surface area contributed by atoms with Crippen molar-refractivity contribution in [2.45, 2.75) is 37.7 Å². The molecule has 69 valence electrons. The van der Waals surface area contributed by atoms with E-state index >= 15 is 0 Å². The van der Waals surface area contributed by atoms with Crippen LogP contribution in [0.4, 0.5) is 0 Å². The first-order chi connectivity index (χ1) is 6.36. The van der Waals surface area contributed by atoms with E-state index in [1.165, 1.54) is 12.0 Å². The van der Waals surface area contributed by atoms with Crippen molar-refractivity contribution in [3.63, 3.8) is 0 Å². The maximum Gasteiger partial charge on any atom is 0.0546 e. The van der Waals surface area contributed by atoms with E-state index in [0.29, 0.717) is 5.92 Å². The minimum absolute atomic E-state index is 0.0806. The van der Waals surface area contributed by atoms with Crippen LogP contribution < -0.4 is 0 Å². The number of hydrogen-bond acceptors (Lipinski definition) is 1. The normalized spacial score (nSPS) is 28.7. The van der Waals surface area contributed by atoms with Crippen LogP contribution in [0.2, 0.25) is 0 Å².